The first-order chi connectivity index (χ1) is 13.0. The zero-order valence-electron chi connectivity index (χ0n) is 14.0. The molecule has 0 saturated heterocycles. The zero-order valence-corrected chi connectivity index (χ0v) is 14.7. The van der Waals surface area contributed by atoms with Gasteiger partial charge in [0.15, 0.2) is 23.4 Å². The molecule has 0 radical (unpaired) electrons. The van der Waals surface area contributed by atoms with Crippen molar-refractivity contribution in [2.45, 2.75) is 19.6 Å². The van der Waals surface area contributed by atoms with E-state index in [2.05, 4.69) is 4.98 Å². The maximum Gasteiger partial charge on any atom is 0.339 e. The van der Waals surface area contributed by atoms with Gasteiger partial charge >= 0.3 is 12.5 Å². The Labute approximate surface area is 157 Å². The topological polar surface area (TPSA) is 62.6 Å². The monoisotopic (exact) mass is 394 g/mol. The fourth-order valence-corrected chi connectivity index (χ4v) is 3.19. The van der Waals surface area contributed by atoms with Gasteiger partial charge in [-0.15, -0.1) is 0 Å². The van der Waals surface area contributed by atoms with Crippen LogP contribution in [-0.4, -0.2) is 22.3 Å². The first kappa shape index (κ1) is 17.5. The van der Waals surface area contributed by atoms with Crippen molar-refractivity contribution >= 4 is 28.6 Å². The van der Waals surface area contributed by atoms with E-state index in [0.29, 0.717) is 17.0 Å². The average Bonchev–Trinajstić information content (AvgIpc) is 3.26. The van der Waals surface area contributed by atoms with Crippen LogP contribution >= 0.6 is 11.6 Å². The molecule has 2 aromatic carbocycles. The Bertz CT molecular complexity index is 1040. The molecule has 1 atom stereocenters. The second kappa shape index (κ2) is 6.70. The van der Waals surface area contributed by atoms with Crippen LogP contribution in [0, 0.1) is 0 Å². The van der Waals surface area contributed by atoms with E-state index in [9.17, 15) is 13.6 Å². The van der Waals surface area contributed by atoms with Gasteiger partial charge in [-0.25, -0.2) is 9.78 Å². The van der Waals surface area contributed by atoms with Crippen LogP contribution in [0.4, 0.5) is 8.78 Å². The summed E-state index contributed by atoms with van der Waals surface area (Å²) in [6.45, 7) is -1.34. The van der Waals surface area contributed by atoms with E-state index in [4.69, 9.17) is 25.8 Å². The molecule has 1 aromatic heterocycles. The third kappa shape index (κ3) is 3.06. The second-order valence-corrected chi connectivity index (χ2v) is 6.25. The summed E-state index contributed by atoms with van der Waals surface area (Å²) in [6.07, 6.45) is -1.01. The van der Waals surface area contributed by atoms with Gasteiger partial charge in [-0.05, 0) is 31.2 Å². The third-order valence-electron chi connectivity index (χ3n) is 4.13. The summed E-state index contributed by atoms with van der Waals surface area (Å²) in [5, 5.41) is 0.199. The van der Waals surface area contributed by atoms with Crippen LogP contribution < -0.4 is 9.47 Å². The lowest BCUT2D eigenvalue weighted by molar-refractivity contribution is 0.0233. The summed E-state index contributed by atoms with van der Waals surface area (Å²) < 4.78 is 43.6. The first-order valence-electron chi connectivity index (χ1n) is 8.01. The number of carbonyl (C=O) groups is 1. The number of carbonyl (C=O) groups excluding carboxylic acids is 1. The highest BCUT2D eigenvalue weighted by molar-refractivity contribution is 6.32. The minimum absolute atomic E-state index is 0.00235. The van der Waals surface area contributed by atoms with E-state index in [1.165, 1.54) is 25.1 Å². The summed E-state index contributed by atoms with van der Waals surface area (Å²) in [7, 11) is 0. The van der Waals surface area contributed by atoms with Crippen molar-refractivity contribution in [1.29, 1.82) is 0 Å². The van der Waals surface area contributed by atoms with Crippen LogP contribution in [0.1, 0.15) is 35.8 Å². The number of esters is 1. The number of ether oxygens (including phenoxy) is 3. The number of nitrogens with zero attached hydrogens (tertiary/aromatic N) is 2. The van der Waals surface area contributed by atoms with E-state index >= 15 is 0 Å². The van der Waals surface area contributed by atoms with E-state index in [1.807, 2.05) is 0 Å². The fraction of sp³-hybridized carbons (Fsp3) is 0.222. The Balaban J connectivity index is 1.64. The van der Waals surface area contributed by atoms with Crippen molar-refractivity contribution in [1.82, 2.24) is 9.55 Å². The summed E-state index contributed by atoms with van der Waals surface area (Å²) in [5.41, 5.74) is 0.772. The molecule has 9 heteroatoms. The van der Waals surface area contributed by atoms with Crippen molar-refractivity contribution in [2.75, 3.05) is 6.79 Å². The highest BCUT2D eigenvalue weighted by Crippen LogP contribution is 2.40. The van der Waals surface area contributed by atoms with Crippen molar-refractivity contribution in [3.8, 4) is 11.5 Å². The van der Waals surface area contributed by atoms with Crippen LogP contribution in [0.15, 0.2) is 36.4 Å². The molecule has 3 aromatic rings. The summed E-state index contributed by atoms with van der Waals surface area (Å²) in [4.78, 5) is 16.7. The number of fused-ring (bicyclic) bond motifs is 2. The standard InChI is InChI=1S/C18H13ClF2N2O4/c1-9(16-22-12-4-2-3-5-13(12)23(16)18(20)21)27-17(24)10-6-11(19)15-14(7-10)25-8-26-15/h2-7,9,18H,8H2,1H3. The number of hydrogen-bond acceptors (Lipinski definition) is 5. The predicted molar refractivity (Wildman–Crippen MR) is 92.4 cm³/mol. The molecule has 2 heterocycles. The maximum atomic E-state index is 13.5. The van der Waals surface area contributed by atoms with Gasteiger partial charge in [0, 0.05) is 0 Å². The minimum Gasteiger partial charge on any atom is -0.454 e. The molecule has 6 nitrogen and oxygen atoms in total. The Kier molecular flexibility index (Phi) is 4.35. The molecule has 1 aliphatic heterocycles. The molecular formula is C18H13ClF2N2O4. The number of halogens is 3. The highest BCUT2D eigenvalue weighted by Gasteiger charge is 2.26. The van der Waals surface area contributed by atoms with Gasteiger partial charge in [0.25, 0.3) is 0 Å². The van der Waals surface area contributed by atoms with Gasteiger partial charge < -0.3 is 14.2 Å². The quantitative estimate of drug-likeness (QED) is 0.598. The lowest BCUT2D eigenvalue weighted by Crippen LogP contribution is -2.14. The van der Waals surface area contributed by atoms with E-state index in [0.717, 1.165) is 4.57 Å². The molecular weight excluding hydrogens is 382 g/mol. The number of alkyl halides is 2. The number of hydrogen-bond donors (Lipinski definition) is 0. The lowest BCUT2D eigenvalue weighted by Gasteiger charge is -2.15. The van der Waals surface area contributed by atoms with Gasteiger partial charge in [-0.2, -0.15) is 8.78 Å². The van der Waals surface area contributed by atoms with E-state index in [-0.39, 0.29) is 28.7 Å². The van der Waals surface area contributed by atoms with E-state index < -0.39 is 18.6 Å². The Morgan fingerprint density at radius 3 is 2.85 bits per heavy atom. The normalized spacial score (nSPS) is 14.0. The van der Waals surface area contributed by atoms with Gasteiger partial charge in [0.2, 0.25) is 6.79 Å². The fourth-order valence-electron chi connectivity index (χ4n) is 2.92. The molecule has 0 N–H and O–H groups in total. The van der Waals surface area contributed by atoms with Crippen LogP contribution in [0.5, 0.6) is 11.5 Å². The molecule has 0 fully saturated rings. The number of benzene rings is 2. The van der Waals surface area contributed by atoms with Crippen LogP contribution in [0.3, 0.4) is 0 Å². The predicted octanol–water partition coefficient (Wildman–Crippen LogP) is 4.73. The zero-order chi connectivity index (χ0) is 19.1. The SMILES string of the molecule is CC(OC(=O)c1cc(Cl)c2c(c1)OCO2)c1nc2ccccc2n1C(F)F. The number of para-hydroxylation sites is 2. The van der Waals surface area contributed by atoms with Crippen molar-refractivity contribution < 1.29 is 27.8 Å². The van der Waals surface area contributed by atoms with Crippen molar-refractivity contribution in [2.24, 2.45) is 0 Å². The third-order valence-corrected chi connectivity index (χ3v) is 4.41. The summed E-state index contributed by atoms with van der Waals surface area (Å²) in [6, 6.07) is 9.28. The largest absolute Gasteiger partial charge is 0.454 e. The van der Waals surface area contributed by atoms with E-state index in [1.54, 1.807) is 18.2 Å². The minimum atomic E-state index is -2.83. The van der Waals surface area contributed by atoms with Gasteiger partial charge in [-0.1, -0.05) is 23.7 Å². The summed E-state index contributed by atoms with van der Waals surface area (Å²) in [5.74, 6) is -0.121. The molecule has 140 valence electrons. The van der Waals surface area contributed by atoms with Gasteiger partial charge in [0.05, 0.1) is 21.6 Å². The molecule has 1 unspecified atom stereocenters. The Morgan fingerprint density at radius 2 is 2.07 bits per heavy atom. The molecule has 27 heavy (non-hydrogen) atoms. The molecule has 0 bridgehead atoms. The van der Waals surface area contributed by atoms with Gasteiger partial charge in [0.1, 0.15) is 0 Å². The highest BCUT2D eigenvalue weighted by atomic mass is 35.5. The summed E-state index contributed by atoms with van der Waals surface area (Å²) >= 11 is 6.06. The van der Waals surface area contributed by atoms with Crippen molar-refractivity contribution in [3.05, 3.63) is 52.8 Å². The molecule has 0 amide bonds. The Hall–Kier alpha value is -2.87. The van der Waals surface area contributed by atoms with Crippen LogP contribution in [0.2, 0.25) is 5.02 Å². The van der Waals surface area contributed by atoms with Crippen LogP contribution in [-0.2, 0) is 4.74 Å². The molecule has 0 spiro atoms. The second-order valence-electron chi connectivity index (χ2n) is 5.85. The lowest BCUT2D eigenvalue weighted by atomic mass is 10.2. The molecule has 0 saturated carbocycles. The Morgan fingerprint density at radius 1 is 1.30 bits per heavy atom. The number of aromatic nitrogens is 2. The molecule has 0 aliphatic carbocycles. The first-order valence-corrected chi connectivity index (χ1v) is 8.38. The van der Waals surface area contributed by atoms with Gasteiger partial charge in [-0.3, -0.25) is 4.57 Å². The molecule has 4 rings (SSSR count). The number of imidazole rings is 1. The smallest absolute Gasteiger partial charge is 0.339 e. The average molecular weight is 395 g/mol. The van der Waals surface area contributed by atoms with Crippen molar-refractivity contribution in [3.63, 3.8) is 0 Å². The number of rotatable bonds is 4. The van der Waals surface area contributed by atoms with Crippen LogP contribution in [0.25, 0.3) is 11.0 Å². The molecule has 1 aliphatic rings. The maximum absolute atomic E-state index is 13.5.